The van der Waals surface area contributed by atoms with E-state index in [0.29, 0.717) is 43.6 Å². The quantitative estimate of drug-likeness (QED) is 0.918. The van der Waals surface area contributed by atoms with Crippen LogP contribution in [0.15, 0.2) is 24.3 Å². The number of amides is 2. The molecule has 0 saturated carbocycles. The minimum atomic E-state index is -0.961. The van der Waals surface area contributed by atoms with Crippen LogP contribution in [0.3, 0.4) is 0 Å². The second-order valence-corrected chi connectivity index (χ2v) is 5.69. The molecule has 2 saturated heterocycles. The monoisotopic (exact) mass is 302 g/mol. The second-order valence-electron chi connectivity index (χ2n) is 5.69. The van der Waals surface area contributed by atoms with Crippen LogP contribution in [-0.2, 0) is 9.59 Å². The Kier molecular flexibility index (Phi) is 3.83. The van der Waals surface area contributed by atoms with Crippen molar-refractivity contribution >= 4 is 23.5 Å². The summed E-state index contributed by atoms with van der Waals surface area (Å²) >= 11 is 0. The number of carboxylic acids is 1. The number of carbonyl (C=O) groups excluding carboxylic acids is 2. The third kappa shape index (κ3) is 2.56. The van der Waals surface area contributed by atoms with Crippen molar-refractivity contribution in [3.8, 4) is 0 Å². The van der Waals surface area contributed by atoms with Gasteiger partial charge in [-0.1, -0.05) is 6.07 Å². The van der Waals surface area contributed by atoms with Gasteiger partial charge >= 0.3 is 5.97 Å². The molecule has 22 heavy (non-hydrogen) atoms. The maximum absolute atomic E-state index is 12.6. The van der Waals surface area contributed by atoms with Gasteiger partial charge in [-0.15, -0.1) is 0 Å². The Morgan fingerprint density at radius 2 is 2.00 bits per heavy atom. The molecule has 2 amide bonds. The van der Waals surface area contributed by atoms with Gasteiger partial charge in [-0.3, -0.25) is 9.59 Å². The van der Waals surface area contributed by atoms with E-state index in [9.17, 15) is 19.5 Å². The summed E-state index contributed by atoms with van der Waals surface area (Å²) in [6, 6.07) is 6.15. The van der Waals surface area contributed by atoms with E-state index in [2.05, 4.69) is 0 Å². The van der Waals surface area contributed by atoms with E-state index < -0.39 is 12.0 Å². The van der Waals surface area contributed by atoms with Gasteiger partial charge in [-0.2, -0.15) is 0 Å². The number of likely N-dealkylation sites (tertiary alicyclic amines) is 1. The molecule has 3 rings (SSSR count). The zero-order valence-electron chi connectivity index (χ0n) is 12.2. The molecule has 2 aliphatic rings. The molecular formula is C16H18N2O4. The van der Waals surface area contributed by atoms with Crippen molar-refractivity contribution in [2.45, 2.75) is 31.7 Å². The molecule has 2 heterocycles. The molecule has 1 unspecified atom stereocenters. The number of benzene rings is 1. The Morgan fingerprint density at radius 3 is 2.68 bits per heavy atom. The van der Waals surface area contributed by atoms with E-state index >= 15 is 0 Å². The predicted octanol–water partition coefficient (Wildman–Crippen LogP) is 1.50. The van der Waals surface area contributed by atoms with E-state index in [1.54, 1.807) is 29.2 Å². The minimum Gasteiger partial charge on any atom is -0.480 e. The van der Waals surface area contributed by atoms with E-state index in [0.717, 1.165) is 6.42 Å². The van der Waals surface area contributed by atoms with Crippen LogP contribution >= 0.6 is 0 Å². The summed E-state index contributed by atoms with van der Waals surface area (Å²) in [7, 11) is 0. The smallest absolute Gasteiger partial charge is 0.326 e. The average Bonchev–Trinajstić information content (AvgIpc) is 3.15. The zero-order chi connectivity index (χ0) is 15.7. The summed E-state index contributed by atoms with van der Waals surface area (Å²) in [5.74, 6) is -1.18. The highest BCUT2D eigenvalue weighted by molar-refractivity contribution is 6.00. The first-order valence-corrected chi connectivity index (χ1v) is 7.52. The summed E-state index contributed by atoms with van der Waals surface area (Å²) in [5.41, 5.74) is 1.14. The number of aliphatic carboxylic acids is 1. The average molecular weight is 302 g/mol. The van der Waals surface area contributed by atoms with Crippen molar-refractivity contribution in [3.05, 3.63) is 29.8 Å². The Morgan fingerprint density at radius 1 is 1.18 bits per heavy atom. The normalized spacial score (nSPS) is 21.5. The molecule has 2 fully saturated rings. The topological polar surface area (TPSA) is 77.9 Å². The summed E-state index contributed by atoms with van der Waals surface area (Å²) in [4.78, 5) is 38.7. The maximum Gasteiger partial charge on any atom is 0.326 e. The van der Waals surface area contributed by atoms with Crippen molar-refractivity contribution in [2.24, 2.45) is 0 Å². The summed E-state index contributed by atoms with van der Waals surface area (Å²) in [5, 5.41) is 9.19. The minimum absolute atomic E-state index is 0.0641. The number of nitrogens with zero attached hydrogens (tertiary/aromatic N) is 2. The fourth-order valence-electron chi connectivity index (χ4n) is 3.16. The Bertz CT molecular complexity index is 628. The molecule has 6 nitrogen and oxygen atoms in total. The fraction of sp³-hybridized carbons (Fsp3) is 0.438. The molecule has 1 aromatic rings. The molecule has 1 aromatic carbocycles. The van der Waals surface area contributed by atoms with Crippen LogP contribution in [0.2, 0.25) is 0 Å². The lowest BCUT2D eigenvalue weighted by molar-refractivity contribution is -0.141. The highest BCUT2D eigenvalue weighted by atomic mass is 16.4. The number of anilines is 1. The Hall–Kier alpha value is -2.37. The molecule has 0 spiro atoms. The molecule has 1 atom stereocenters. The lowest BCUT2D eigenvalue weighted by Gasteiger charge is -2.22. The van der Waals surface area contributed by atoms with Crippen LogP contribution in [-0.4, -0.2) is 46.9 Å². The third-order valence-corrected chi connectivity index (χ3v) is 4.28. The van der Waals surface area contributed by atoms with Gasteiger partial charge in [0, 0.05) is 30.8 Å². The van der Waals surface area contributed by atoms with Gasteiger partial charge in [-0.25, -0.2) is 4.79 Å². The van der Waals surface area contributed by atoms with Crippen molar-refractivity contribution in [1.29, 1.82) is 0 Å². The van der Waals surface area contributed by atoms with Gasteiger partial charge in [0.05, 0.1) is 0 Å². The lowest BCUT2D eigenvalue weighted by atomic mass is 10.1. The van der Waals surface area contributed by atoms with Gasteiger partial charge in [0.25, 0.3) is 5.91 Å². The van der Waals surface area contributed by atoms with E-state index in [1.165, 1.54) is 4.90 Å². The Balaban J connectivity index is 1.84. The largest absolute Gasteiger partial charge is 0.480 e. The van der Waals surface area contributed by atoms with Crippen molar-refractivity contribution in [1.82, 2.24) is 4.90 Å². The summed E-state index contributed by atoms with van der Waals surface area (Å²) in [6.45, 7) is 1.13. The summed E-state index contributed by atoms with van der Waals surface area (Å²) in [6.07, 6.45) is 2.55. The van der Waals surface area contributed by atoms with Crippen LogP contribution in [0.25, 0.3) is 0 Å². The first kappa shape index (κ1) is 14.6. The van der Waals surface area contributed by atoms with Crippen LogP contribution in [0.1, 0.15) is 36.0 Å². The maximum atomic E-state index is 12.6. The number of rotatable bonds is 3. The van der Waals surface area contributed by atoms with Crippen LogP contribution < -0.4 is 4.90 Å². The number of hydrogen-bond donors (Lipinski definition) is 1. The molecule has 1 N–H and O–H groups in total. The zero-order valence-corrected chi connectivity index (χ0v) is 12.2. The van der Waals surface area contributed by atoms with Crippen LogP contribution in [0.4, 0.5) is 5.69 Å². The second kappa shape index (κ2) is 5.79. The van der Waals surface area contributed by atoms with Crippen molar-refractivity contribution in [2.75, 3.05) is 18.0 Å². The molecule has 0 aliphatic carbocycles. The molecule has 0 bridgehead atoms. The van der Waals surface area contributed by atoms with Gasteiger partial charge in [0.2, 0.25) is 5.91 Å². The standard InChI is InChI=1S/C16H18N2O4/c19-14-7-3-8-17(14)12-5-1-4-11(10-12)15(20)18-9-2-6-13(18)16(21)22/h1,4-5,10,13H,2-3,6-9H2,(H,21,22). The third-order valence-electron chi connectivity index (χ3n) is 4.28. The number of carbonyl (C=O) groups is 3. The molecule has 6 heteroatoms. The molecule has 0 aromatic heterocycles. The van der Waals surface area contributed by atoms with Crippen LogP contribution in [0.5, 0.6) is 0 Å². The summed E-state index contributed by atoms with van der Waals surface area (Å²) < 4.78 is 0. The first-order valence-electron chi connectivity index (χ1n) is 7.52. The van der Waals surface area contributed by atoms with Gasteiger partial charge in [0.15, 0.2) is 0 Å². The van der Waals surface area contributed by atoms with E-state index in [4.69, 9.17) is 0 Å². The highest BCUT2D eigenvalue weighted by Crippen LogP contribution is 2.25. The SMILES string of the molecule is O=C(O)C1CCCN1C(=O)c1cccc(N2CCCC2=O)c1. The Labute approximate surface area is 128 Å². The van der Waals surface area contributed by atoms with Crippen molar-refractivity contribution in [3.63, 3.8) is 0 Å². The van der Waals surface area contributed by atoms with Gasteiger partial charge < -0.3 is 14.9 Å². The van der Waals surface area contributed by atoms with E-state index in [1.807, 2.05) is 0 Å². The fourth-order valence-corrected chi connectivity index (χ4v) is 3.16. The molecule has 116 valence electrons. The molecule has 0 radical (unpaired) electrons. The first-order chi connectivity index (χ1) is 10.6. The van der Waals surface area contributed by atoms with E-state index in [-0.39, 0.29) is 11.8 Å². The number of carboxylic acid groups (broad SMARTS) is 1. The van der Waals surface area contributed by atoms with Crippen LogP contribution in [0, 0.1) is 0 Å². The molecule has 2 aliphatic heterocycles. The van der Waals surface area contributed by atoms with Gasteiger partial charge in [-0.05, 0) is 37.5 Å². The number of hydrogen-bond acceptors (Lipinski definition) is 3. The highest BCUT2D eigenvalue weighted by Gasteiger charge is 2.34. The van der Waals surface area contributed by atoms with Gasteiger partial charge in [0.1, 0.15) is 6.04 Å². The molecular weight excluding hydrogens is 284 g/mol. The predicted molar refractivity (Wildman–Crippen MR) is 79.7 cm³/mol. The van der Waals surface area contributed by atoms with Crippen molar-refractivity contribution < 1.29 is 19.5 Å². The lowest BCUT2D eigenvalue weighted by Crippen LogP contribution is -2.40.